The molecule has 102 valence electrons. The fourth-order valence-electron chi connectivity index (χ4n) is 2.11. The standard InChI is InChI=1S/C15H21F3/c1-8-11(16)9(14(2,3)4)13(18)10(12(8)17)15(5,6)7/h1-7H3. The van der Waals surface area contributed by atoms with E-state index < -0.39 is 28.3 Å². The molecule has 0 aliphatic carbocycles. The van der Waals surface area contributed by atoms with Crippen LogP contribution in [-0.2, 0) is 10.8 Å². The van der Waals surface area contributed by atoms with E-state index in [0.29, 0.717) is 0 Å². The first-order chi connectivity index (χ1) is 7.89. The van der Waals surface area contributed by atoms with Gasteiger partial charge in [-0.2, -0.15) is 0 Å². The van der Waals surface area contributed by atoms with Crippen molar-refractivity contribution in [2.24, 2.45) is 0 Å². The molecule has 1 aromatic rings. The number of hydrogen-bond acceptors (Lipinski definition) is 0. The Labute approximate surface area is 107 Å². The number of rotatable bonds is 0. The Bertz CT molecular complexity index is 433. The molecule has 0 nitrogen and oxygen atoms in total. The third-order valence-electron chi connectivity index (χ3n) is 3.04. The van der Waals surface area contributed by atoms with E-state index in [1.54, 1.807) is 41.5 Å². The molecule has 0 aliphatic heterocycles. The van der Waals surface area contributed by atoms with Gasteiger partial charge in [0.05, 0.1) is 0 Å². The second-order valence-corrected chi connectivity index (χ2v) is 6.82. The number of benzene rings is 1. The van der Waals surface area contributed by atoms with Gasteiger partial charge in [-0.25, -0.2) is 13.2 Å². The summed E-state index contributed by atoms with van der Waals surface area (Å²) in [7, 11) is 0. The lowest BCUT2D eigenvalue weighted by atomic mass is 9.78. The molecule has 0 bridgehead atoms. The Kier molecular flexibility index (Phi) is 3.59. The van der Waals surface area contributed by atoms with Crippen LogP contribution in [-0.4, -0.2) is 0 Å². The molecule has 0 atom stereocenters. The van der Waals surface area contributed by atoms with Gasteiger partial charge in [-0.15, -0.1) is 0 Å². The first-order valence-electron chi connectivity index (χ1n) is 6.07. The zero-order valence-electron chi connectivity index (χ0n) is 12.1. The lowest BCUT2D eigenvalue weighted by Crippen LogP contribution is -2.25. The zero-order valence-corrected chi connectivity index (χ0v) is 12.1. The smallest absolute Gasteiger partial charge is 0.136 e. The Morgan fingerprint density at radius 2 is 0.889 bits per heavy atom. The quantitative estimate of drug-likeness (QED) is 0.613. The van der Waals surface area contributed by atoms with E-state index in [-0.39, 0.29) is 16.7 Å². The molecule has 0 saturated heterocycles. The fourth-order valence-corrected chi connectivity index (χ4v) is 2.11. The minimum absolute atomic E-state index is 0.0358. The van der Waals surface area contributed by atoms with Crippen LogP contribution in [0.25, 0.3) is 0 Å². The van der Waals surface area contributed by atoms with Crippen LogP contribution in [0.1, 0.15) is 58.2 Å². The summed E-state index contributed by atoms with van der Waals surface area (Å²) in [4.78, 5) is 0. The van der Waals surface area contributed by atoms with Gasteiger partial charge in [-0.05, 0) is 17.8 Å². The highest BCUT2D eigenvalue weighted by Gasteiger charge is 2.33. The minimum Gasteiger partial charge on any atom is -0.206 e. The summed E-state index contributed by atoms with van der Waals surface area (Å²) >= 11 is 0. The topological polar surface area (TPSA) is 0 Å². The van der Waals surface area contributed by atoms with Crippen LogP contribution in [0.2, 0.25) is 0 Å². The van der Waals surface area contributed by atoms with E-state index in [0.717, 1.165) is 0 Å². The molecule has 1 rings (SSSR count). The van der Waals surface area contributed by atoms with Crippen LogP contribution < -0.4 is 0 Å². The molecular formula is C15H21F3. The van der Waals surface area contributed by atoms with Gasteiger partial charge in [0.2, 0.25) is 0 Å². The van der Waals surface area contributed by atoms with Crippen molar-refractivity contribution in [2.75, 3.05) is 0 Å². The summed E-state index contributed by atoms with van der Waals surface area (Å²) in [5, 5.41) is 0. The Morgan fingerprint density at radius 3 is 1.11 bits per heavy atom. The van der Waals surface area contributed by atoms with Gasteiger partial charge < -0.3 is 0 Å². The molecule has 0 unspecified atom stereocenters. The van der Waals surface area contributed by atoms with Crippen molar-refractivity contribution >= 4 is 0 Å². The largest absolute Gasteiger partial charge is 0.206 e. The molecular weight excluding hydrogens is 237 g/mol. The van der Waals surface area contributed by atoms with Gasteiger partial charge in [0, 0.05) is 16.7 Å². The van der Waals surface area contributed by atoms with Crippen molar-refractivity contribution in [1.82, 2.24) is 0 Å². The maximum atomic E-state index is 14.5. The zero-order chi connectivity index (χ0) is 14.5. The summed E-state index contributed by atoms with van der Waals surface area (Å²) in [6.07, 6.45) is 0. The SMILES string of the molecule is Cc1c(F)c(C(C)(C)C)c(F)c(C(C)(C)C)c1F. The first-order valence-corrected chi connectivity index (χ1v) is 6.07. The average Bonchev–Trinajstić information content (AvgIpc) is 2.09. The predicted octanol–water partition coefficient (Wildman–Crippen LogP) is 5.01. The van der Waals surface area contributed by atoms with E-state index in [4.69, 9.17) is 0 Å². The normalized spacial score (nSPS) is 13.0. The average molecular weight is 258 g/mol. The van der Waals surface area contributed by atoms with Crippen molar-refractivity contribution in [3.63, 3.8) is 0 Å². The highest BCUT2D eigenvalue weighted by atomic mass is 19.1. The number of hydrogen-bond donors (Lipinski definition) is 0. The molecule has 0 aliphatic rings. The Hall–Kier alpha value is -0.990. The van der Waals surface area contributed by atoms with Gasteiger partial charge in [0.25, 0.3) is 0 Å². The van der Waals surface area contributed by atoms with Crippen molar-refractivity contribution in [2.45, 2.75) is 59.3 Å². The van der Waals surface area contributed by atoms with Crippen LogP contribution >= 0.6 is 0 Å². The minimum atomic E-state index is -0.773. The second-order valence-electron chi connectivity index (χ2n) is 6.82. The molecule has 0 aromatic heterocycles. The lowest BCUT2D eigenvalue weighted by Gasteiger charge is -2.28. The van der Waals surface area contributed by atoms with Gasteiger partial charge in [0.1, 0.15) is 17.5 Å². The molecule has 0 N–H and O–H groups in total. The summed E-state index contributed by atoms with van der Waals surface area (Å²) in [6, 6.07) is 0. The Balaban J connectivity index is 3.83. The van der Waals surface area contributed by atoms with E-state index in [1.807, 2.05) is 0 Å². The predicted molar refractivity (Wildman–Crippen MR) is 68.5 cm³/mol. The van der Waals surface area contributed by atoms with Crippen molar-refractivity contribution in [1.29, 1.82) is 0 Å². The molecule has 0 saturated carbocycles. The van der Waals surface area contributed by atoms with Crippen LogP contribution in [0.15, 0.2) is 0 Å². The second kappa shape index (κ2) is 4.29. The van der Waals surface area contributed by atoms with Gasteiger partial charge in [-0.1, -0.05) is 41.5 Å². The lowest BCUT2D eigenvalue weighted by molar-refractivity contribution is 0.418. The maximum Gasteiger partial charge on any atom is 0.136 e. The Morgan fingerprint density at radius 1 is 0.611 bits per heavy atom. The van der Waals surface area contributed by atoms with Gasteiger partial charge in [0.15, 0.2) is 0 Å². The third kappa shape index (κ3) is 2.40. The summed E-state index contributed by atoms with van der Waals surface area (Å²) in [6.45, 7) is 11.7. The highest BCUT2D eigenvalue weighted by Crippen LogP contribution is 2.38. The summed E-state index contributed by atoms with van der Waals surface area (Å²) < 4.78 is 42.7. The fraction of sp³-hybridized carbons (Fsp3) is 0.600. The molecule has 3 heteroatoms. The summed E-state index contributed by atoms with van der Waals surface area (Å²) in [5.74, 6) is -2.30. The molecule has 0 spiro atoms. The number of halogens is 3. The van der Waals surface area contributed by atoms with Gasteiger partial charge >= 0.3 is 0 Å². The molecule has 0 amide bonds. The molecule has 0 fully saturated rings. The molecule has 1 aromatic carbocycles. The van der Waals surface area contributed by atoms with Crippen molar-refractivity contribution in [3.8, 4) is 0 Å². The van der Waals surface area contributed by atoms with E-state index in [9.17, 15) is 13.2 Å². The molecule has 18 heavy (non-hydrogen) atoms. The summed E-state index contributed by atoms with van der Waals surface area (Å²) in [5.41, 5.74) is -1.58. The van der Waals surface area contributed by atoms with Crippen LogP contribution in [0.4, 0.5) is 13.2 Å². The first kappa shape index (κ1) is 15.1. The van der Waals surface area contributed by atoms with E-state index in [2.05, 4.69) is 0 Å². The molecule has 0 radical (unpaired) electrons. The van der Waals surface area contributed by atoms with Crippen LogP contribution in [0, 0.1) is 24.4 Å². The monoisotopic (exact) mass is 258 g/mol. The molecule has 0 heterocycles. The van der Waals surface area contributed by atoms with Gasteiger partial charge in [-0.3, -0.25) is 0 Å². The third-order valence-corrected chi connectivity index (χ3v) is 3.04. The maximum absolute atomic E-state index is 14.5. The van der Waals surface area contributed by atoms with E-state index in [1.165, 1.54) is 6.92 Å². The highest BCUT2D eigenvalue weighted by molar-refractivity contribution is 5.41. The van der Waals surface area contributed by atoms with Crippen molar-refractivity contribution < 1.29 is 13.2 Å². The van der Waals surface area contributed by atoms with Crippen LogP contribution in [0.3, 0.4) is 0 Å². The van der Waals surface area contributed by atoms with E-state index >= 15 is 0 Å². The van der Waals surface area contributed by atoms with Crippen LogP contribution in [0.5, 0.6) is 0 Å². The van der Waals surface area contributed by atoms with Crippen molar-refractivity contribution in [3.05, 3.63) is 34.1 Å².